The van der Waals surface area contributed by atoms with Crippen LogP contribution in [0, 0.1) is 0 Å². The molecule has 0 aliphatic rings. The Labute approximate surface area is 272 Å². The van der Waals surface area contributed by atoms with E-state index in [0.29, 0.717) is 6.42 Å². The molecule has 0 radical (unpaired) electrons. The van der Waals surface area contributed by atoms with E-state index in [1.807, 2.05) is 31.2 Å². The third-order valence-electron chi connectivity index (χ3n) is 7.72. The number of furan rings is 1. The molecule has 5 nitrogen and oxygen atoms in total. The largest absolute Gasteiger partial charge is 0.460 e. The summed E-state index contributed by atoms with van der Waals surface area (Å²) >= 11 is 0. The quantitative estimate of drug-likeness (QED) is 0.0848. The monoisotopic (exact) mass is 612 g/mol. The summed E-state index contributed by atoms with van der Waals surface area (Å²) in [4.78, 5) is 16.0. The predicted octanol–water partition coefficient (Wildman–Crippen LogP) is 10.00. The van der Waals surface area contributed by atoms with Crippen LogP contribution in [0.15, 0.2) is 127 Å². The Bertz CT molecular complexity index is 1850. The maximum absolute atomic E-state index is 11.0. The van der Waals surface area contributed by atoms with Crippen LogP contribution in [0.25, 0.3) is 44.3 Å². The molecular formula is C41H44N2O3. The van der Waals surface area contributed by atoms with Gasteiger partial charge in [-0.3, -0.25) is 0 Å². The number of benzene rings is 4. The summed E-state index contributed by atoms with van der Waals surface area (Å²) in [7, 11) is 1.00. The van der Waals surface area contributed by atoms with Gasteiger partial charge in [-0.15, -0.1) is 13.2 Å². The van der Waals surface area contributed by atoms with Gasteiger partial charge in [-0.2, -0.15) is 0 Å². The average molecular weight is 613 g/mol. The molecule has 5 heteroatoms. The first-order valence-electron chi connectivity index (χ1n) is 15.9. The van der Waals surface area contributed by atoms with Crippen LogP contribution in [0.2, 0.25) is 0 Å². The van der Waals surface area contributed by atoms with Gasteiger partial charge in [0.05, 0.1) is 11.0 Å². The molecule has 6 rings (SSSR count). The van der Waals surface area contributed by atoms with E-state index in [9.17, 15) is 4.79 Å². The van der Waals surface area contributed by atoms with Crippen LogP contribution in [0.1, 0.15) is 49.8 Å². The lowest BCUT2D eigenvalue weighted by molar-refractivity contribution is -0.107. The minimum atomic E-state index is 0.552. The van der Waals surface area contributed by atoms with E-state index in [1.54, 1.807) is 6.08 Å². The summed E-state index contributed by atoms with van der Waals surface area (Å²) in [6.07, 6.45) is 9.69. The van der Waals surface area contributed by atoms with E-state index in [2.05, 4.69) is 96.6 Å². The average Bonchev–Trinajstić information content (AvgIpc) is 3.64. The highest BCUT2D eigenvalue weighted by Gasteiger charge is 2.16. The molecule has 2 heterocycles. The normalized spacial score (nSPS) is 10.5. The number of fused-ring (bicyclic) bond motifs is 2. The number of carbonyl (C=O) groups is 1. The Morgan fingerprint density at radius 1 is 0.826 bits per heavy atom. The standard InChI is InChI=1S/C37H34N2O2.C3H6.CH4O/c1-2-3-5-16-35-37(31-14-8-9-15-34(31)41-35)29-19-17-28(18-20-29)30-21-22-33-32(26-30)38-36(39(33)23-10-11-24-40)25-27-12-6-4-7-13-27;1-3-2;1-2/h2,4,6-9,12-15,17-22,24,26H,1,3,5,10-11,16,23,25H2;3H,1H2,2H3;2H,1H3. The molecular weight excluding hydrogens is 568 g/mol. The number of imidazole rings is 1. The van der Waals surface area contributed by atoms with Crippen molar-refractivity contribution in [2.45, 2.75) is 52.0 Å². The lowest BCUT2D eigenvalue weighted by Crippen LogP contribution is -2.05. The van der Waals surface area contributed by atoms with Crippen LogP contribution in [0.4, 0.5) is 0 Å². The van der Waals surface area contributed by atoms with Crippen molar-refractivity contribution in [1.29, 1.82) is 0 Å². The fraction of sp³-hybridized carbons (Fsp3) is 0.220. The number of aromatic nitrogens is 2. The molecule has 0 saturated carbocycles. The number of para-hydroxylation sites is 1. The van der Waals surface area contributed by atoms with Crippen LogP contribution in [-0.4, -0.2) is 28.1 Å². The Morgan fingerprint density at radius 3 is 2.22 bits per heavy atom. The molecule has 0 spiro atoms. The molecule has 2 aromatic heterocycles. The third kappa shape index (κ3) is 8.17. The minimum absolute atomic E-state index is 0.552. The van der Waals surface area contributed by atoms with Gasteiger partial charge in [0, 0.05) is 43.9 Å². The Kier molecular flexibility index (Phi) is 12.9. The topological polar surface area (TPSA) is 68.3 Å². The summed E-state index contributed by atoms with van der Waals surface area (Å²) in [5.74, 6) is 2.06. The Morgan fingerprint density at radius 2 is 1.50 bits per heavy atom. The second-order valence-corrected chi connectivity index (χ2v) is 10.9. The van der Waals surface area contributed by atoms with Crippen molar-refractivity contribution >= 4 is 28.3 Å². The minimum Gasteiger partial charge on any atom is -0.460 e. The van der Waals surface area contributed by atoms with Gasteiger partial charge in [0.15, 0.2) is 0 Å². The van der Waals surface area contributed by atoms with E-state index in [1.165, 1.54) is 11.1 Å². The number of hydrogen-bond donors (Lipinski definition) is 1. The predicted molar refractivity (Wildman–Crippen MR) is 192 cm³/mol. The first-order valence-corrected chi connectivity index (χ1v) is 15.9. The van der Waals surface area contributed by atoms with Gasteiger partial charge in [0.1, 0.15) is 23.5 Å². The van der Waals surface area contributed by atoms with Crippen molar-refractivity contribution in [2.75, 3.05) is 7.11 Å². The molecule has 4 aromatic carbocycles. The fourth-order valence-corrected chi connectivity index (χ4v) is 5.68. The molecule has 0 atom stereocenters. The number of unbranched alkanes of at least 4 members (excludes halogenated alkanes) is 2. The smallest absolute Gasteiger partial charge is 0.134 e. The van der Waals surface area contributed by atoms with Crippen molar-refractivity contribution in [3.63, 3.8) is 0 Å². The van der Waals surface area contributed by atoms with Crippen molar-refractivity contribution in [1.82, 2.24) is 9.55 Å². The lowest BCUT2D eigenvalue weighted by Gasteiger charge is -2.09. The summed E-state index contributed by atoms with van der Waals surface area (Å²) in [6.45, 7) is 9.89. The van der Waals surface area contributed by atoms with Gasteiger partial charge < -0.3 is 18.9 Å². The van der Waals surface area contributed by atoms with Gasteiger partial charge in [0.25, 0.3) is 0 Å². The summed E-state index contributed by atoms with van der Waals surface area (Å²) < 4.78 is 8.56. The van der Waals surface area contributed by atoms with Crippen molar-refractivity contribution < 1.29 is 14.3 Å². The molecule has 0 unspecified atom stereocenters. The van der Waals surface area contributed by atoms with E-state index in [-0.39, 0.29) is 0 Å². The summed E-state index contributed by atoms with van der Waals surface area (Å²) in [5.41, 5.74) is 8.88. The zero-order valence-corrected chi connectivity index (χ0v) is 27.0. The zero-order valence-electron chi connectivity index (χ0n) is 27.0. The van der Waals surface area contributed by atoms with E-state index in [0.717, 1.165) is 102 Å². The number of hydrogen-bond acceptors (Lipinski definition) is 4. The highest BCUT2D eigenvalue weighted by molar-refractivity contribution is 5.96. The molecule has 0 amide bonds. The molecule has 0 aliphatic carbocycles. The van der Waals surface area contributed by atoms with Crippen LogP contribution >= 0.6 is 0 Å². The molecule has 6 aromatic rings. The van der Waals surface area contributed by atoms with Gasteiger partial charge in [-0.05, 0) is 66.6 Å². The number of aliphatic hydroxyl groups excluding tert-OH is 1. The number of aldehydes is 1. The second-order valence-electron chi connectivity index (χ2n) is 10.9. The molecule has 1 N–H and O–H groups in total. The van der Waals surface area contributed by atoms with Crippen molar-refractivity contribution in [2.24, 2.45) is 0 Å². The number of allylic oxidation sites excluding steroid dienone is 2. The highest BCUT2D eigenvalue weighted by Crippen LogP contribution is 2.37. The van der Waals surface area contributed by atoms with Crippen LogP contribution in [0.3, 0.4) is 0 Å². The zero-order chi connectivity index (χ0) is 32.7. The highest BCUT2D eigenvalue weighted by atomic mass is 16.3. The first-order chi connectivity index (χ1) is 22.7. The van der Waals surface area contributed by atoms with Crippen molar-refractivity contribution in [3.05, 3.63) is 140 Å². The lowest BCUT2D eigenvalue weighted by atomic mass is 9.97. The molecule has 46 heavy (non-hydrogen) atoms. The number of aliphatic hydroxyl groups is 1. The van der Waals surface area contributed by atoms with E-state index in [4.69, 9.17) is 14.5 Å². The first kappa shape index (κ1) is 33.9. The van der Waals surface area contributed by atoms with E-state index < -0.39 is 0 Å². The molecule has 0 saturated heterocycles. The van der Waals surface area contributed by atoms with E-state index >= 15 is 0 Å². The third-order valence-corrected chi connectivity index (χ3v) is 7.72. The van der Waals surface area contributed by atoms with Crippen LogP contribution in [0.5, 0.6) is 0 Å². The number of carbonyl (C=O) groups excluding carboxylic acids is 1. The van der Waals surface area contributed by atoms with Gasteiger partial charge in [0.2, 0.25) is 0 Å². The van der Waals surface area contributed by atoms with Crippen LogP contribution in [-0.2, 0) is 24.2 Å². The van der Waals surface area contributed by atoms with Gasteiger partial charge >= 0.3 is 0 Å². The summed E-state index contributed by atoms with van der Waals surface area (Å²) in [5, 5.41) is 8.15. The Hall–Kier alpha value is -5.00. The maximum atomic E-state index is 11.0. The maximum Gasteiger partial charge on any atom is 0.134 e. The number of nitrogens with zero attached hydrogens (tertiary/aromatic N) is 2. The molecule has 0 bridgehead atoms. The van der Waals surface area contributed by atoms with Gasteiger partial charge in [-0.1, -0.05) is 91.0 Å². The second kappa shape index (κ2) is 17.5. The molecule has 236 valence electrons. The molecule has 0 fully saturated rings. The Balaban J connectivity index is 0.000000908. The van der Waals surface area contributed by atoms with Crippen LogP contribution < -0.4 is 0 Å². The fourth-order valence-electron chi connectivity index (χ4n) is 5.68. The number of aryl methyl sites for hydroxylation is 2. The SMILES string of the molecule is C=CC.C=CCCCc1oc2ccccc2c1-c1ccc(-c2ccc3c(c2)nc(Cc2ccccc2)n3CCCC=O)cc1.CO. The summed E-state index contributed by atoms with van der Waals surface area (Å²) in [6, 6.07) is 34.0. The molecule has 0 aliphatic heterocycles. The van der Waals surface area contributed by atoms with Gasteiger partial charge in [-0.25, -0.2) is 4.98 Å². The van der Waals surface area contributed by atoms with Crippen molar-refractivity contribution in [3.8, 4) is 22.3 Å². The number of rotatable bonds is 12.